The Hall–Kier alpha value is 0.670. The van der Waals surface area contributed by atoms with Gasteiger partial charge in [-0.3, -0.25) is 4.57 Å². The molecule has 12 heteroatoms. The summed E-state index contributed by atoms with van der Waals surface area (Å²) >= 11 is 3.24. The molecule has 0 saturated carbocycles. The van der Waals surface area contributed by atoms with E-state index in [0.29, 0.717) is 15.9 Å². The first kappa shape index (κ1) is 20.7. The zero-order valence-electron chi connectivity index (χ0n) is 12.1. The molecule has 0 spiro atoms. The van der Waals surface area contributed by atoms with Crippen molar-refractivity contribution in [1.82, 2.24) is 19.5 Å². The van der Waals surface area contributed by atoms with Crippen LogP contribution in [0, 0.1) is 0 Å². The van der Waals surface area contributed by atoms with E-state index in [4.69, 9.17) is 15.6 Å². The molecule has 0 aromatic carbocycles. The molecule has 0 amide bonds. The molecule has 2 aromatic heterocycles. The molecule has 0 aliphatic carbocycles. The molecule has 3 rings (SSSR count). The molecule has 1 aliphatic rings. The molecule has 2 aromatic rings. The third-order valence-electron chi connectivity index (χ3n) is 3.23. The van der Waals surface area contributed by atoms with Crippen LogP contribution in [-0.4, -0.2) is 119 Å². The first-order valence-corrected chi connectivity index (χ1v) is 6.60. The summed E-state index contributed by atoms with van der Waals surface area (Å²) in [5.41, 5.74) is 6.43. The van der Waals surface area contributed by atoms with E-state index in [2.05, 4.69) is 30.9 Å². The summed E-state index contributed by atoms with van der Waals surface area (Å²) in [6, 6.07) is 0. The smallest absolute Gasteiger partial charge is 0.181 e. The summed E-state index contributed by atoms with van der Waals surface area (Å²) in [6.07, 6.45) is -2.97. The monoisotopic (exact) mass is 391 g/mol. The summed E-state index contributed by atoms with van der Waals surface area (Å²) in [5, 5.41) is 29.0. The average molecular weight is 392 g/mol. The van der Waals surface area contributed by atoms with Crippen molar-refractivity contribution in [3.63, 3.8) is 0 Å². The number of nitrogens with zero attached hydrogens (tertiary/aromatic N) is 4. The molecule has 110 valence electrons. The predicted octanol–water partition coefficient (Wildman–Crippen LogP) is -1.98. The second-order valence-electron chi connectivity index (χ2n) is 4.41. The van der Waals surface area contributed by atoms with Crippen LogP contribution in [0.4, 0.5) is 5.82 Å². The van der Waals surface area contributed by atoms with E-state index in [1.165, 1.54) is 10.9 Å². The molecule has 0 unspecified atom stereocenters. The van der Waals surface area contributed by atoms with E-state index < -0.39 is 31.1 Å². The quantitative estimate of drug-likeness (QED) is 0.341. The third kappa shape index (κ3) is 3.38. The van der Waals surface area contributed by atoms with E-state index in [9.17, 15) is 10.2 Å². The van der Waals surface area contributed by atoms with Crippen LogP contribution in [0.5, 0.6) is 0 Å². The maximum absolute atomic E-state index is 10.1. The number of rotatable bonds is 2. The molecule has 4 atom stereocenters. The number of fused-ring (bicyclic) bond motifs is 1. The van der Waals surface area contributed by atoms with Gasteiger partial charge in [0, 0.05) is 59.1 Å². The van der Waals surface area contributed by atoms with Crippen LogP contribution in [0.25, 0.3) is 11.2 Å². The summed E-state index contributed by atoms with van der Waals surface area (Å²) in [6.45, 7) is -0.407. The minimum atomic E-state index is -1.22. The van der Waals surface area contributed by atoms with Gasteiger partial charge in [0.15, 0.2) is 27.9 Å². The van der Waals surface area contributed by atoms with Crippen molar-refractivity contribution in [2.24, 2.45) is 0 Å². The van der Waals surface area contributed by atoms with Gasteiger partial charge in [-0.15, -0.1) is 0 Å². The molecule has 5 N–H and O–H groups in total. The van der Waals surface area contributed by atoms with Gasteiger partial charge >= 0.3 is 0 Å². The van der Waals surface area contributed by atoms with Crippen molar-refractivity contribution in [1.29, 1.82) is 0 Å². The SMILES string of the molecule is Nc1ncnc2c1nc(Br)n2[C@@H]1O[C@H](CO)[C@@H](O)[C@H]1O.[Na].[Na]. The van der Waals surface area contributed by atoms with Crippen LogP contribution in [0.15, 0.2) is 11.1 Å². The Kier molecular flexibility index (Phi) is 7.69. The van der Waals surface area contributed by atoms with Gasteiger partial charge in [0.2, 0.25) is 0 Å². The Balaban J connectivity index is 0.00000121. The molecule has 0 bridgehead atoms. The summed E-state index contributed by atoms with van der Waals surface area (Å²) < 4.78 is 7.23. The fraction of sp³-hybridized carbons (Fsp3) is 0.500. The zero-order valence-corrected chi connectivity index (χ0v) is 17.7. The summed E-state index contributed by atoms with van der Waals surface area (Å²) in [5.74, 6) is 0.196. The number of aromatic nitrogens is 4. The molecule has 1 saturated heterocycles. The van der Waals surface area contributed by atoms with Gasteiger partial charge in [0.05, 0.1) is 6.61 Å². The van der Waals surface area contributed by atoms with E-state index in [1.54, 1.807) is 0 Å². The van der Waals surface area contributed by atoms with Crippen molar-refractivity contribution in [2.45, 2.75) is 24.5 Å². The minimum absolute atomic E-state index is 0. The van der Waals surface area contributed by atoms with Crippen molar-refractivity contribution >= 4 is 92.0 Å². The maximum Gasteiger partial charge on any atom is 0.181 e. The van der Waals surface area contributed by atoms with Gasteiger partial charge < -0.3 is 25.8 Å². The second-order valence-corrected chi connectivity index (χ2v) is 5.12. The van der Waals surface area contributed by atoms with Crippen LogP contribution in [-0.2, 0) is 4.74 Å². The van der Waals surface area contributed by atoms with Crippen LogP contribution >= 0.6 is 15.9 Å². The van der Waals surface area contributed by atoms with Crippen molar-refractivity contribution in [3.8, 4) is 0 Å². The molecule has 22 heavy (non-hydrogen) atoms. The number of hydrogen-bond acceptors (Lipinski definition) is 8. The van der Waals surface area contributed by atoms with E-state index in [0.717, 1.165) is 0 Å². The van der Waals surface area contributed by atoms with Gasteiger partial charge in [-0.25, -0.2) is 15.0 Å². The number of halogens is 1. The Morgan fingerprint density at radius 3 is 2.55 bits per heavy atom. The minimum Gasteiger partial charge on any atom is -0.394 e. The number of imidazole rings is 1. The van der Waals surface area contributed by atoms with Crippen molar-refractivity contribution < 1.29 is 20.1 Å². The Bertz CT molecular complexity index is 660. The van der Waals surface area contributed by atoms with E-state index >= 15 is 0 Å². The summed E-state index contributed by atoms with van der Waals surface area (Å²) in [7, 11) is 0. The molecule has 9 nitrogen and oxygen atoms in total. The van der Waals surface area contributed by atoms with Crippen LogP contribution < -0.4 is 5.73 Å². The second kappa shape index (κ2) is 8.17. The maximum atomic E-state index is 10.1. The number of ether oxygens (including phenoxy) is 1. The number of anilines is 1. The van der Waals surface area contributed by atoms with Gasteiger partial charge in [0.25, 0.3) is 0 Å². The fourth-order valence-electron chi connectivity index (χ4n) is 2.22. The van der Waals surface area contributed by atoms with Crippen molar-refractivity contribution in [3.05, 3.63) is 11.1 Å². The van der Waals surface area contributed by atoms with Crippen LogP contribution in [0.1, 0.15) is 6.23 Å². The number of nitrogens with two attached hydrogens (primary N) is 1. The van der Waals surface area contributed by atoms with Gasteiger partial charge in [-0.1, -0.05) is 0 Å². The predicted molar refractivity (Wildman–Crippen MR) is 82.0 cm³/mol. The Labute approximate surface area is 178 Å². The van der Waals surface area contributed by atoms with Crippen LogP contribution in [0.3, 0.4) is 0 Å². The van der Waals surface area contributed by atoms with Crippen LogP contribution in [0.2, 0.25) is 0 Å². The first-order valence-electron chi connectivity index (χ1n) is 5.81. The largest absolute Gasteiger partial charge is 0.394 e. The fourth-order valence-corrected chi connectivity index (χ4v) is 2.77. The molecule has 2 radical (unpaired) electrons. The van der Waals surface area contributed by atoms with Gasteiger partial charge in [0.1, 0.15) is 24.6 Å². The molecule has 3 heterocycles. The summed E-state index contributed by atoms with van der Waals surface area (Å²) in [4.78, 5) is 12.1. The number of hydrogen-bond donors (Lipinski definition) is 4. The molecule has 1 fully saturated rings. The molecule has 1 aliphatic heterocycles. The van der Waals surface area contributed by atoms with E-state index in [1.807, 2.05) is 0 Å². The topological polar surface area (TPSA) is 140 Å². The number of nitrogen functional groups attached to an aromatic ring is 1. The molecular formula is C10H12BrN5Na2O4. The zero-order chi connectivity index (χ0) is 14.4. The van der Waals surface area contributed by atoms with Crippen molar-refractivity contribution in [2.75, 3.05) is 12.3 Å². The standard InChI is InChI=1S/C10H12BrN5O4.2Na/c11-10-15-4-7(12)13-2-14-8(4)16(10)9-6(19)5(18)3(1-17)20-9;;/h2-3,5-6,9,17-19H,1H2,(H2,12,13,14);;/t3-,5-,6-,9-;;/m1../s1. The van der Waals surface area contributed by atoms with Gasteiger partial charge in [-0.2, -0.15) is 0 Å². The first-order chi connectivity index (χ1) is 9.54. The average Bonchev–Trinajstić information content (AvgIpc) is 2.90. The molecular weight excluding hydrogens is 380 g/mol. The Morgan fingerprint density at radius 1 is 1.27 bits per heavy atom. The third-order valence-corrected chi connectivity index (χ3v) is 3.79. The Morgan fingerprint density at radius 2 is 1.95 bits per heavy atom. The van der Waals surface area contributed by atoms with E-state index in [-0.39, 0.29) is 64.9 Å². The normalized spacial score (nSPS) is 27.5. The van der Waals surface area contributed by atoms with Gasteiger partial charge in [-0.05, 0) is 15.9 Å². The number of aliphatic hydroxyl groups is 3. The number of aliphatic hydroxyl groups excluding tert-OH is 3.